The second kappa shape index (κ2) is 5.75. The third kappa shape index (κ3) is 2.76. The van der Waals surface area contributed by atoms with Crippen molar-refractivity contribution in [2.45, 2.75) is 11.9 Å². The smallest absolute Gasteiger partial charge is 0.120 e. The Balaban J connectivity index is 1.76. The van der Waals surface area contributed by atoms with Gasteiger partial charge in [-0.2, -0.15) is 5.10 Å². The molecule has 2 aliphatic rings. The normalized spacial score (nSPS) is 23.8. The summed E-state index contributed by atoms with van der Waals surface area (Å²) in [4.78, 5) is 2.33. The summed E-state index contributed by atoms with van der Waals surface area (Å²) in [5.74, 6) is 0. The number of aromatic nitrogens is 2. The lowest BCUT2D eigenvalue weighted by Crippen LogP contribution is -2.35. The highest BCUT2D eigenvalue weighted by Crippen LogP contribution is 2.36. The van der Waals surface area contributed by atoms with Crippen molar-refractivity contribution in [3.8, 4) is 0 Å². The molecule has 0 saturated carbocycles. The Kier molecular flexibility index (Phi) is 4.02. The van der Waals surface area contributed by atoms with Crippen LogP contribution in [0.1, 0.15) is 16.8 Å². The predicted octanol–water partition coefficient (Wildman–Crippen LogP) is 1.71. The van der Waals surface area contributed by atoms with Crippen LogP contribution in [-0.4, -0.2) is 41.0 Å². The average Bonchev–Trinajstić information content (AvgIpc) is 3.01. The summed E-state index contributed by atoms with van der Waals surface area (Å²) in [7, 11) is 1.95. The highest BCUT2D eigenvalue weighted by Gasteiger charge is 2.25. The first-order valence-corrected chi connectivity index (χ1v) is 7.65. The maximum absolute atomic E-state index is 6.51. The van der Waals surface area contributed by atoms with Gasteiger partial charge in [0.2, 0.25) is 0 Å². The van der Waals surface area contributed by atoms with Crippen molar-refractivity contribution in [2.75, 3.05) is 26.3 Å². The summed E-state index contributed by atoms with van der Waals surface area (Å²) in [5, 5.41) is 10.8. The molecule has 0 radical (unpaired) electrons. The third-order valence-electron chi connectivity index (χ3n) is 3.35. The van der Waals surface area contributed by atoms with Crippen LogP contribution in [0.25, 0.3) is 0 Å². The van der Waals surface area contributed by atoms with E-state index in [1.165, 1.54) is 0 Å². The summed E-state index contributed by atoms with van der Waals surface area (Å²) in [6, 6.07) is 0. The summed E-state index contributed by atoms with van der Waals surface area (Å²) < 4.78 is 7.24. The minimum absolute atomic E-state index is 0.170. The van der Waals surface area contributed by atoms with E-state index >= 15 is 0 Å². The molecule has 0 amide bonds. The predicted molar refractivity (Wildman–Crippen MR) is 76.9 cm³/mol. The number of morpholine rings is 1. The summed E-state index contributed by atoms with van der Waals surface area (Å²) in [5.41, 5.74) is 2.00. The molecule has 5 nitrogen and oxygen atoms in total. The fraction of sp³-hybridized carbons (Fsp3) is 0.583. The number of halogens is 1. The summed E-state index contributed by atoms with van der Waals surface area (Å²) in [6.07, 6.45) is 1.94. The van der Waals surface area contributed by atoms with Crippen molar-refractivity contribution in [3.05, 3.63) is 28.0 Å². The van der Waals surface area contributed by atoms with E-state index in [1.807, 2.05) is 23.3 Å². The number of thioether (sulfide) groups is 1. The van der Waals surface area contributed by atoms with Crippen molar-refractivity contribution in [1.29, 1.82) is 0 Å². The Bertz CT molecular complexity index is 476. The van der Waals surface area contributed by atoms with Gasteiger partial charge in [0.25, 0.3) is 0 Å². The number of ether oxygens (including phenoxy) is 1. The van der Waals surface area contributed by atoms with Gasteiger partial charge in [0, 0.05) is 32.9 Å². The Morgan fingerprint density at radius 3 is 3.00 bits per heavy atom. The molecule has 1 N–H and O–H groups in total. The van der Waals surface area contributed by atoms with Gasteiger partial charge < -0.3 is 10.1 Å². The van der Waals surface area contributed by atoms with Gasteiger partial charge in [0.1, 0.15) is 5.37 Å². The van der Waals surface area contributed by atoms with E-state index in [0.717, 1.165) is 49.3 Å². The minimum Gasteiger partial charge on any atom is -0.379 e. The molecule has 104 valence electrons. The van der Waals surface area contributed by atoms with Crippen molar-refractivity contribution in [2.24, 2.45) is 7.05 Å². The number of rotatable bonds is 3. The van der Waals surface area contributed by atoms with E-state index in [0.29, 0.717) is 0 Å². The molecular weight excluding hydrogens is 284 g/mol. The molecule has 7 heteroatoms. The lowest BCUT2D eigenvalue weighted by molar-refractivity contribution is 0.0336. The van der Waals surface area contributed by atoms with Crippen LogP contribution in [0.5, 0.6) is 0 Å². The van der Waals surface area contributed by atoms with Crippen molar-refractivity contribution < 1.29 is 4.74 Å². The molecule has 1 fully saturated rings. The Morgan fingerprint density at radius 1 is 1.53 bits per heavy atom. The molecule has 0 bridgehead atoms. The maximum atomic E-state index is 6.51. The zero-order chi connectivity index (χ0) is 13.2. The van der Waals surface area contributed by atoms with E-state index in [1.54, 1.807) is 11.8 Å². The van der Waals surface area contributed by atoms with Crippen LogP contribution in [-0.2, 0) is 18.3 Å². The highest BCUT2D eigenvalue weighted by molar-refractivity contribution is 8.02. The van der Waals surface area contributed by atoms with Crippen LogP contribution in [0.15, 0.2) is 11.6 Å². The van der Waals surface area contributed by atoms with Crippen LogP contribution >= 0.6 is 23.4 Å². The zero-order valence-electron chi connectivity index (χ0n) is 10.8. The van der Waals surface area contributed by atoms with Gasteiger partial charge in [-0.1, -0.05) is 11.6 Å². The van der Waals surface area contributed by atoms with Crippen LogP contribution < -0.4 is 5.32 Å². The summed E-state index contributed by atoms with van der Waals surface area (Å²) >= 11 is 8.22. The number of hydrogen-bond acceptors (Lipinski definition) is 5. The molecule has 0 spiro atoms. The second-order valence-corrected chi connectivity index (χ2v) is 6.04. The molecule has 0 aliphatic carbocycles. The topological polar surface area (TPSA) is 42.3 Å². The van der Waals surface area contributed by atoms with Crippen LogP contribution in [0, 0.1) is 0 Å². The molecule has 1 saturated heterocycles. The molecule has 19 heavy (non-hydrogen) atoms. The van der Waals surface area contributed by atoms with Crippen molar-refractivity contribution >= 4 is 23.4 Å². The second-order valence-electron chi connectivity index (χ2n) is 4.64. The van der Waals surface area contributed by atoms with E-state index in [4.69, 9.17) is 16.3 Å². The quantitative estimate of drug-likeness (QED) is 0.920. The molecule has 1 unspecified atom stereocenters. The van der Waals surface area contributed by atoms with E-state index in [9.17, 15) is 0 Å². The monoisotopic (exact) mass is 300 g/mol. The molecule has 1 aromatic rings. The van der Waals surface area contributed by atoms with Gasteiger partial charge in [-0.25, -0.2) is 0 Å². The molecule has 0 aromatic carbocycles. The Labute approximate surface area is 121 Å². The molecule has 1 aromatic heterocycles. The fourth-order valence-electron chi connectivity index (χ4n) is 2.35. The van der Waals surface area contributed by atoms with Crippen molar-refractivity contribution in [3.63, 3.8) is 0 Å². The van der Waals surface area contributed by atoms with Crippen LogP contribution in [0.3, 0.4) is 0 Å². The lowest BCUT2D eigenvalue weighted by atomic mass is 10.3. The number of nitrogens with one attached hydrogen (secondary N) is 1. The molecule has 3 heterocycles. The first-order chi connectivity index (χ1) is 9.25. The van der Waals surface area contributed by atoms with Gasteiger partial charge in [-0.05, 0) is 5.41 Å². The number of aryl methyl sites for hydroxylation is 1. The lowest BCUT2D eigenvalue weighted by Gasteiger charge is -2.25. The van der Waals surface area contributed by atoms with E-state index in [-0.39, 0.29) is 5.37 Å². The molecule has 1 atom stereocenters. The Hall–Kier alpha value is -0.690. The molecular formula is C12H17ClN4OS. The van der Waals surface area contributed by atoms with Gasteiger partial charge in [-0.15, -0.1) is 11.8 Å². The standard InChI is InChI=1S/C12H17ClN4OS/c1-16-11(12-14-2-7-19-12)10(13)9(15-16)8-17-3-5-18-6-4-17/h2,7,12,14H,3-6,8H2,1H3. The van der Waals surface area contributed by atoms with Crippen molar-refractivity contribution in [1.82, 2.24) is 20.0 Å². The number of nitrogens with zero attached hydrogens (tertiary/aromatic N) is 3. The van der Waals surface area contributed by atoms with Gasteiger partial charge >= 0.3 is 0 Å². The van der Waals surface area contributed by atoms with Gasteiger partial charge in [0.05, 0.1) is 29.6 Å². The van der Waals surface area contributed by atoms with Crippen LogP contribution in [0.4, 0.5) is 0 Å². The number of hydrogen-bond donors (Lipinski definition) is 1. The third-order valence-corrected chi connectivity index (χ3v) is 4.69. The SMILES string of the molecule is Cn1nc(CN2CCOCC2)c(Cl)c1C1NC=CS1. The molecule has 2 aliphatic heterocycles. The fourth-order valence-corrected chi connectivity index (χ4v) is 3.62. The Morgan fingerprint density at radius 2 is 2.32 bits per heavy atom. The molecule has 3 rings (SSSR count). The van der Waals surface area contributed by atoms with E-state index < -0.39 is 0 Å². The van der Waals surface area contributed by atoms with E-state index in [2.05, 4.69) is 15.3 Å². The zero-order valence-corrected chi connectivity index (χ0v) is 12.4. The minimum atomic E-state index is 0.170. The first-order valence-electron chi connectivity index (χ1n) is 6.33. The van der Waals surface area contributed by atoms with Gasteiger partial charge in [-0.3, -0.25) is 9.58 Å². The average molecular weight is 301 g/mol. The van der Waals surface area contributed by atoms with Crippen LogP contribution in [0.2, 0.25) is 5.02 Å². The first kappa shape index (κ1) is 13.3. The highest BCUT2D eigenvalue weighted by atomic mass is 35.5. The summed E-state index contributed by atoms with van der Waals surface area (Å²) in [6.45, 7) is 4.27. The maximum Gasteiger partial charge on any atom is 0.120 e. The van der Waals surface area contributed by atoms with Gasteiger partial charge in [0.15, 0.2) is 0 Å². The largest absolute Gasteiger partial charge is 0.379 e.